The van der Waals surface area contributed by atoms with Gasteiger partial charge in [0.1, 0.15) is 6.54 Å². The molecule has 2 N–H and O–H groups in total. The molecule has 0 spiro atoms. The molecule has 29 heavy (non-hydrogen) atoms. The third kappa shape index (κ3) is 6.23. The van der Waals surface area contributed by atoms with Crippen molar-refractivity contribution in [3.05, 3.63) is 64.2 Å². The molecule has 8 heteroatoms. The molecule has 2 aromatic carbocycles. The number of hydrogen-bond acceptors (Lipinski definition) is 2. The van der Waals surface area contributed by atoms with Crippen molar-refractivity contribution in [3.63, 3.8) is 0 Å². The molecule has 3 amide bonds. The molecule has 2 aromatic rings. The average Bonchev–Trinajstić information content (AvgIpc) is 2.62. The van der Waals surface area contributed by atoms with Crippen molar-refractivity contribution < 1.29 is 22.8 Å². The fraction of sp³-hybridized carbons (Fsp3) is 0.333. The van der Waals surface area contributed by atoms with E-state index in [1.165, 1.54) is 24.1 Å². The molecular formula is C21H24F3N3O2. The summed E-state index contributed by atoms with van der Waals surface area (Å²) in [5, 5.41) is 5.32. The molecule has 0 unspecified atom stereocenters. The smallest absolute Gasteiger partial charge is 0.334 e. The van der Waals surface area contributed by atoms with Gasteiger partial charge in [0.15, 0.2) is 0 Å². The number of benzene rings is 2. The molecule has 5 nitrogen and oxygen atoms in total. The van der Waals surface area contributed by atoms with Crippen LogP contribution in [-0.4, -0.2) is 30.4 Å². The van der Waals surface area contributed by atoms with E-state index in [9.17, 15) is 22.8 Å². The second kappa shape index (κ2) is 8.98. The summed E-state index contributed by atoms with van der Waals surface area (Å²) in [7, 11) is 1.44. The molecule has 0 saturated heterocycles. The summed E-state index contributed by atoms with van der Waals surface area (Å²) in [6.45, 7) is 5.47. The Morgan fingerprint density at radius 2 is 1.66 bits per heavy atom. The van der Waals surface area contributed by atoms with Gasteiger partial charge in [0.05, 0.1) is 5.56 Å². The normalized spacial score (nSPS) is 11.1. The summed E-state index contributed by atoms with van der Waals surface area (Å²) >= 11 is 0. The van der Waals surface area contributed by atoms with Gasteiger partial charge >= 0.3 is 12.2 Å². The number of alkyl halides is 3. The van der Waals surface area contributed by atoms with Gasteiger partial charge in [-0.1, -0.05) is 29.8 Å². The Kier molecular flexibility index (Phi) is 6.89. The molecule has 0 aliphatic rings. The van der Waals surface area contributed by atoms with E-state index in [1.54, 1.807) is 0 Å². The van der Waals surface area contributed by atoms with Gasteiger partial charge in [0.2, 0.25) is 5.91 Å². The Labute approximate surface area is 167 Å². The van der Waals surface area contributed by atoms with E-state index in [-0.39, 0.29) is 19.0 Å². The van der Waals surface area contributed by atoms with Crippen LogP contribution < -0.4 is 10.6 Å². The van der Waals surface area contributed by atoms with E-state index < -0.39 is 17.8 Å². The minimum atomic E-state index is -4.44. The van der Waals surface area contributed by atoms with Crippen molar-refractivity contribution in [2.24, 2.45) is 0 Å². The molecule has 0 radical (unpaired) electrons. The number of amides is 3. The van der Waals surface area contributed by atoms with E-state index >= 15 is 0 Å². The van der Waals surface area contributed by atoms with Crippen LogP contribution in [0.4, 0.5) is 23.7 Å². The summed E-state index contributed by atoms with van der Waals surface area (Å²) in [6, 6.07) is 8.07. The Bertz CT molecular complexity index is 887. The van der Waals surface area contributed by atoms with Gasteiger partial charge in [-0.3, -0.25) is 4.79 Å². The van der Waals surface area contributed by atoms with Gasteiger partial charge in [0.25, 0.3) is 0 Å². The van der Waals surface area contributed by atoms with E-state index in [0.717, 1.165) is 28.8 Å². The highest BCUT2D eigenvalue weighted by atomic mass is 19.4. The predicted octanol–water partition coefficient (Wildman–Crippen LogP) is 4.41. The van der Waals surface area contributed by atoms with Crippen LogP contribution in [0.25, 0.3) is 0 Å². The van der Waals surface area contributed by atoms with Crippen molar-refractivity contribution in [2.45, 2.75) is 33.5 Å². The summed E-state index contributed by atoms with van der Waals surface area (Å²) in [5.41, 5.74) is 3.18. The molecule has 0 fully saturated rings. The number of hydrogen-bond donors (Lipinski definition) is 2. The van der Waals surface area contributed by atoms with Crippen molar-refractivity contribution in [2.75, 3.05) is 18.9 Å². The Hall–Kier alpha value is -3.03. The molecule has 0 aromatic heterocycles. The molecule has 2 rings (SSSR count). The van der Waals surface area contributed by atoms with Crippen molar-refractivity contribution in [1.29, 1.82) is 0 Å². The highest BCUT2D eigenvalue weighted by molar-refractivity contribution is 5.95. The highest BCUT2D eigenvalue weighted by Crippen LogP contribution is 2.29. The van der Waals surface area contributed by atoms with Gasteiger partial charge in [-0.2, -0.15) is 13.2 Å². The van der Waals surface area contributed by atoms with Crippen molar-refractivity contribution in [1.82, 2.24) is 10.2 Å². The van der Waals surface area contributed by atoms with Crippen LogP contribution in [-0.2, 0) is 17.5 Å². The molecular weight excluding hydrogens is 383 g/mol. The fourth-order valence-corrected chi connectivity index (χ4v) is 3.01. The number of halogens is 3. The number of nitrogens with one attached hydrogen (secondary N) is 2. The van der Waals surface area contributed by atoms with Crippen LogP contribution in [0.15, 0.2) is 36.4 Å². The van der Waals surface area contributed by atoms with Crippen LogP contribution in [0, 0.1) is 20.8 Å². The van der Waals surface area contributed by atoms with Gasteiger partial charge in [-0.25, -0.2) is 4.79 Å². The largest absolute Gasteiger partial charge is 0.416 e. The minimum Gasteiger partial charge on any atom is -0.334 e. The standard InChI is InChI=1S/C21H24F3N3O2/c1-13-8-14(2)19(15(3)9-13)26-18(28)12-27(4)20(29)25-11-16-6-5-7-17(10-16)21(22,23)24/h5-10H,11-12H2,1-4H3,(H,25,29)(H,26,28). The van der Waals surface area contributed by atoms with E-state index in [2.05, 4.69) is 10.6 Å². The summed E-state index contributed by atoms with van der Waals surface area (Å²) in [4.78, 5) is 25.6. The summed E-state index contributed by atoms with van der Waals surface area (Å²) in [6.07, 6.45) is -4.44. The van der Waals surface area contributed by atoms with Crippen LogP contribution in [0.1, 0.15) is 27.8 Å². The van der Waals surface area contributed by atoms with Gasteiger partial charge in [-0.15, -0.1) is 0 Å². The zero-order valence-corrected chi connectivity index (χ0v) is 16.8. The third-order valence-electron chi connectivity index (χ3n) is 4.37. The lowest BCUT2D eigenvalue weighted by Gasteiger charge is -2.19. The molecule has 0 bridgehead atoms. The van der Waals surface area contributed by atoms with E-state index in [1.807, 2.05) is 32.9 Å². The van der Waals surface area contributed by atoms with E-state index in [4.69, 9.17) is 0 Å². The first-order chi connectivity index (χ1) is 13.5. The second-order valence-electron chi connectivity index (χ2n) is 7.03. The number of rotatable bonds is 5. The first kappa shape index (κ1) is 22.3. The maximum Gasteiger partial charge on any atom is 0.416 e. The van der Waals surface area contributed by atoms with Gasteiger partial charge < -0.3 is 15.5 Å². The van der Waals surface area contributed by atoms with Crippen molar-refractivity contribution in [3.8, 4) is 0 Å². The van der Waals surface area contributed by atoms with Gasteiger partial charge in [-0.05, 0) is 49.6 Å². The average molecular weight is 407 g/mol. The lowest BCUT2D eigenvalue weighted by molar-refractivity contribution is -0.137. The quantitative estimate of drug-likeness (QED) is 0.771. The van der Waals surface area contributed by atoms with Crippen LogP contribution >= 0.6 is 0 Å². The van der Waals surface area contributed by atoms with Crippen LogP contribution in [0.2, 0.25) is 0 Å². The minimum absolute atomic E-state index is 0.0785. The number of aryl methyl sites for hydroxylation is 3. The molecule has 156 valence electrons. The highest BCUT2D eigenvalue weighted by Gasteiger charge is 2.30. The fourth-order valence-electron chi connectivity index (χ4n) is 3.01. The Balaban J connectivity index is 1.92. The number of nitrogens with zero attached hydrogens (tertiary/aromatic N) is 1. The van der Waals surface area contributed by atoms with Crippen LogP contribution in [0.3, 0.4) is 0 Å². The molecule has 0 heterocycles. The van der Waals surface area contributed by atoms with Crippen molar-refractivity contribution >= 4 is 17.6 Å². The maximum absolute atomic E-state index is 12.8. The number of urea groups is 1. The lowest BCUT2D eigenvalue weighted by atomic mass is 10.1. The zero-order chi connectivity index (χ0) is 21.8. The van der Waals surface area contributed by atoms with E-state index in [0.29, 0.717) is 11.3 Å². The third-order valence-corrected chi connectivity index (χ3v) is 4.37. The molecule has 0 saturated carbocycles. The first-order valence-electron chi connectivity index (χ1n) is 9.00. The monoisotopic (exact) mass is 407 g/mol. The number of likely N-dealkylation sites (N-methyl/N-ethyl adjacent to an activating group) is 1. The molecule has 0 atom stereocenters. The first-order valence-corrected chi connectivity index (χ1v) is 9.00. The Morgan fingerprint density at radius 1 is 1.03 bits per heavy atom. The topological polar surface area (TPSA) is 61.4 Å². The Morgan fingerprint density at radius 3 is 2.24 bits per heavy atom. The SMILES string of the molecule is Cc1cc(C)c(NC(=O)CN(C)C(=O)NCc2cccc(C(F)(F)F)c2)c(C)c1. The summed E-state index contributed by atoms with van der Waals surface area (Å²) < 4.78 is 38.3. The van der Waals surface area contributed by atoms with Crippen LogP contribution in [0.5, 0.6) is 0 Å². The molecule has 0 aliphatic carbocycles. The molecule has 0 aliphatic heterocycles. The lowest BCUT2D eigenvalue weighted by Crippen LogP contribution is -2.41. The number of carbonyl (C=O) groups excluding carboxylic acids is 2. The summed E-state index contributed by atoms with van der Waals surface area (Å²) in [5.74, 6) is -0.364. The maximum atomic E-state index is 12.8. The number of anilines is 1. The number of carbonyl (C=O) groups is 2. The zero-order valence-electron chi connectivity index (χ0n) is 16.8. The second-order valence-corrected chi connectivity index (χ2v) is 7.03. The predicted molar refractivity (Wildman–Crippen MR) is 106 cm³/mol. The van der Waals surface area contributed by atoms with Gasteiger partial charge in [0, 0.05) is 19.3 Å².